The number of rotatable bonds is 6. The summed E-state index contributed by atoms with van der Waals surface area (Å²) in [7, 11) is 1.65. The molecule has 0 saturated heterocycles. The van der Waals surface area contributed by atoms with Gasteiger partial charge in [0, 0.05) is 7.05 Å². The SMILES string of the molecule is C=CCC(N)C(=O)N(C)C(C)[C@@H](O)c1ccccc1. The third kappa shape index (κ3) is 3.91. The molecule has 1 amide bonds. The monoisotopic (exact) mass is 262 g/mol. The molecule has 0 heterocycles. The average Bonchev–Trinajstić information content (AvgIpc) is 2.45. The minimum absolute atomic E-state index is 0.192. The molecule has 19 heavy (non-hydrogen) atoms. The molecule has 4 heteroatoms. The summed E-state index contributed by atoms with van der Waals surface area (Å²) in [6, 6.07) is 8.33. The van der Waals surface area contributed by atoms with Gasteiger partial charge in [0.1, 0.15) is 0 Å². The minimum atomic E-state index is -0.730. The third-order valence-electron chi connectivity index (χ3n) is 3.29. The smallest absolute Gasteiger partial charge is 0.239 e. The van der Waals surface area contributed by atoms with Gasteiger partial charge in [-0.25, -0.2) is 0 Å². The fourth-order valence-electron chi connectivity index (χ4n) is 1.88. The molecular formula is C15H22N2O2. The van der Waals surface area contributed by atoms with Crippen LogP contribution in [0.1, 0.15) is 25.0 Å². The number of nitrogens with two attached hydrogens (primary N) is 1. The molecule has 0 aliphatic carbocycles. The Hall–Kier alpha value is -1.65. The van der Waals surface area contributed by atoms with Crippen molar-refractivity contribution in [1.82, 2.24) is 4.90 Å². The van der Waals surface area contributed by atoms with Crippen LogP contribution >= 0.6 is 0 Å². The maximum Gasteiger partial charge on any atom is 0.239 e. The van der Waals surface area contributed by atoms with E-state index in [0.717, 1.165) is 5.56 Å². The summed E-state index contributed by atoms with van der Waals surface area (Å²) in [5, 5.41) is 10.3. The molecular weight excluding hydrogens is 240 g/mol. The molecule has 3 N–H and O–H groups in total. The molecule has 0 aliphatic heterocycles. The van der Waals surface area contributed by atoms with Crippen molar-refractivity contribution in [1.29, 1.82) is 0 Å². The second-order valence-electron chi connectivity index (χ2n) is 4.68. The summed E-state index contributed by atoms with van der Waals surface area (Å²) >= 11 is 0. The van der Waals surface area contributed by atoms with Gasteiger partial charge < -0.3 is 15.7 Å². The topological polar surface area (TPSA) is 66.6 Å². The molecule has 0 fully saturated rings. The van der Waals surface area contributed by atoms with Gasteiger partial charge in [-0.3, -0.25) is 4.79 Å². The van der Waals surface area contributed by atoms with Crippen LogP contribution in [-0.2, 0) is 4.79 Å². The van der Waals surface area contributed by atoms with Crippen LogP contribution < -0.4 is 5.73 Å². The third-order valence-corrected chi connectivity index (χ3v) is 3.29. The number of aliphatic hydroxyl groups excluding tert-OH is 1. The lowest BCUT2D eigenvalue weighted by atomic mass is 10.0. The fourth-order valence-corrected chi connectivity index (χ4v) is 1.88. The number of carbonyl (C=O) groups excluding carboxylic acids is 1. The number of nitrogens with zero attached hydrogens (tertiary/aromatic N) is 1. The van der Waals surface area contributed by atoms with Crippen LogP contribution in [0.4, 0.5) is 0 Å². The van der Waals surface area contributed by atoms with E-state index in [2.05, 4.69) is 6.58 Å². The molecule has 1 aromatic rings. The molecule has 0 aliphatic rings. The van der Waals surface area contributed by atoms with Gasteiger partial charge in [-0.15, -0.1) is 6.58 Å². The first-order chi connectivity index (χ1) is 8.99. The largest absolute Gasteiger partial charge is 0.386 e. The summed E-state index contributed by atoms with van der Waals surface area (Å²) < 4.78 is 0. The van der Waals surface area contributed by atoms with Gasteiger partial charge in [-0.05, 0) is 18.9 Å². The lowest BCUT2D eigenvalue weighted by Crippen LogP contribution is -2.47. The zero-order valence-corrected chi connectivity index (χ0v) is 11.5. The first-order valence-corrected chi connectivity index (χ1v) is 6.35. The minimum Gasteiger partial charge on any atom is -0.386 e. The maximum atomic E-state index is 12.1. The van der Waals surface area contributed by atoms with Crippen molar-refractivity contribution in [3.05, 3.63) is 48.6 Å². The van der Waals surface area contributed by atoms with E-state index in [0.29, 0.717) is 6.42 Å². The molecule has 0 aromatic heterocycles. The van der Waals surface area contributed by atoms with E-state index in [-0.39, 0.29) is 11.9 Å². The highest BCUT2D eigenvalue weighted by Crippen LogP contribution is 2.20. The summed E-state index contributed by atoms with van der Waals surface area (Å²) in [5.41, 5.74) is 6.55. The van der Waals surface area contributed by atoms with Gasteiger partial charge in [0.15, 0.2) is 0 Å². The molecule has 104 valence electrons. The van der Waals surface area contributed by atoms with E-state index >= 15 is 0 Å². The normalized spacial score (nSPS) is 15.4. The van der Waals surface area contributed by atoms with Gasteiger partial charge in [-0.1, -0.05) is 36.4 Å². The summed E-state index contributed by atoms with van der Waals surface area (Å²) in [6.07, 6.45) is 1.32. The zero-order chi connectivity index (χ0) is 14.4. The van der Waals surface area contributed by atoms with Crippen molar-refractivity contribution in [3.63, 3.8) is 0 Å². The summed E-state index contributed by atoms with van der Waals surface area (Å²) in [4.78, 5) is 13.5. The Morgan fingerprint density at radius 2 is 2.05 bits per heavy atom. The standard InChI is InChI=1S/C15H22N2O2/c1-4-8-13(16)15(19)17(3)11(2)14(18)12-9-6-5-7-10-12/h4-7,9-11,13-14,18H,1,8,16H2,2-3H3/t11?,13?,14-/m1/s1. The van der Waals surface area contributed by atoms with Crippen LogP contribution in [0.15, 0.2) is 43.0 Å². The number of hydrogen-bond donors (Lipinski definition) is 2. The van der Waals surface area contributed by atoms with E-state index in [1.54, 1.807) is 20.0 Å². The number of benzene rings is 1. The molecule has 0 saturated carbocycles. The molecule has 1 aromatic carbocycles. The average molecular weight is 262 g/mol. The van der Waals surface area contributed by atoms with Crippen LogP contribution in [0, 0.1) is 0 Å². The maximum absolute atomic E-state index is 12.1. The number of amides is 1. The Morgan fingerprint density at radius 3 is 2.58 bits per heavy atom. The highest BCUT2D eigenvalue weighted by Gasteiger charge is 2.26. The van der Waals surface area contributed by atoms with Crippen molar-refractivity contribution in [3.8, 4) is 0 Å². The van der Waals surface area contributed by atoms with E-state index < -0.39 is 12.1 Å². The lowest BCUT2D eigenvalue weighted by molar-refractivity contribution is -0.135. The molecule has 0 spiro atoms. The van der Waals surface area contributed by atoms with Crippen LogP contribution in [0.2, 0.25) is 0 Å². The van der Waals surface area contributed by atoms with Crippen molar-refractivity contribution in [2.75, 3.05) is 7.05 Å². The summed E-state index contributed by atoms with van der Waals surface area (Å²) in [5.74, 6) is -0.192. The molecule has 3 atom stereocenters. The Kier molecular flexibility index (Phi) is 5.73. The Labute approximate surface area is 114 Å². The van der Waals surface area contributed by atoms with Crippen LogP contribution in [0.3, 0.4) is 0 Å². The van der Waals surface area contributed by atoms with Gasteiger partial charge in [0.25, 0.3) is 0 Å². The lowest BCUT2D eigenvalue weighted by Gasteiger charge is -2.31. The summed E-state index contributed by atoms with van der Waals surface area (Å²) in [6.45, 7) is 5.37. The fraction of sp³-hybridized carbons (Fsp3) is 0.400. The predicted molar refractivity (Wildman–Crippen MR) is 76.4 cm³/mol. The molecule has 1 rings (SSSR count). The van der Waals surface area contributed by atoms with Crippen LogP contribution in [-0.4, -0.2) is 35.0 Å². The van der Waals surface area contributed by atoms with E-state index in [4.69, 9.17) is 5.73 Å². The van der Waals surface area contributed by atoms with Crippen molar-refractivity contribution >= 4 is 5.91 Å². The highest BCUT2D eigenvalue weighted by atomic mass is 16.3. The van der Waals surface area contributed by atoms with E-state index in [1.807, 2.05) is 30.3 Å². The quantitative estimate of drug-likeness (QED) is 0.763. The van der Waals surface area contributed by atoms with E-state index in [9.17, 15) is 9.90 Å². The first-order valence-electron chi connectivity index (χ1n) is 6.35. The van der Waals surface area contributed by atoms with Crippen molar-refractivity contribution < 1.29 is 9.90 Å². The van der Waals surface area contributed by atoms with Gasteiger partial charge in [-0.2, -0.15) is 0 Å². The Bertz CT molecular complexity index is 419. The predicted octanol–water partition coefficient (Wildman–Crippen LogP) is 1.47. The van der Waals surface area contributed by atoms with Gasteiger partial charge in [0.2, 0.25) is 5.91 Å². The van der Waals surface area contributed by atoms with Crippen LogP contribution in [0.5, 0.6) is 0 Å². The van der Waals surface area contributed by atoms with Gasteiger partial charge in [0.05, 0.1) is 18.2 Å². The van der Waals surface area contributed by atoms with Gasteiger partial charge >= 0.3 is 0 Å². The van der Waals surface area contributed by atoms with E-state index in [1.165, 1.54) is 4.90 Å². The Morgan fingerprint density at radius 1 is 1.47 bits per heavy atom. The zero-order valence-electron chi connectivity index (χ0n) is 11.5. The number of likely N-dealkylation sites (N-methyl/N-ethyl adjacent to an activating group) is 1. The van der Waals surface area contributed by atoms with Crippen LogP contribution in [0.25, 0.3) is 0 Å². The molecule has 0 radical (unpaired) electrons. The highest BCUT2D eigenvalue weighted by molar-refractivity contribution is 5.81. The van der Waals surface area contributed by atoms with Crippen molar-refractivity contribution in [2.24, 2.45) is 5.73 Å². The second-order valence-corrected chi connectivity index (χ2v) is 4.68. The molecule has 0 bridgehead atoms. The second kappa shape index (κ2) is 7.07. The number of hydrogen-bond acceptors (Lipinski definition) is 3. The van der Waals surface area contributed by atoms with Crippen molar-refractivity contribution in [2.45, 2.75) is 31.5 Å². The number of carbonyl (C=O) groups is 1. The number of aliphatic hydroxyl groups is 1. The Balaban J connectivity index is 2.73. The molecule has 4 nitrogen and oxygen atoms in total. The molecule has 2 unspecified atom stereocenters. The first kappa shape index (κ1) is 15.4.